The first-order valence-electron chi connectivity index (χ1n) is 5.40. The van der Waals surface area contributed by atoms with Crippen LogP contribution in [-0.2, 0) is 4.74 Å². The number of rotatable bonds is 7. The second-order valence-corrected chi connectivity index (χ2v) is 3.91. The Bertz CT molecular complexity index is 426. The van der Waals surface area contributed by atoms with Crippen LogP contribution in [0.1, 0.15) is 17.3 Å². The van der Waals surface area contributed by atoms with Crippen LogP contribution < -0.4 is 10.9 Å². The molecule has 0 saturated heterocycles. The van der Waals surface area contributed by atoms with Gasteiger partial charge in [-0.2, -0.15) is 0 Å². The largest absolute Gasteiger partial charge is 0.462 e. The van der Waals surface area contributed by atoms with Crippen molar-refractivity contribution in [2.24, 2.45) is 0 Å². The van der Waals surface area contributed by atoms with E-state index < -0.39 is 5.97 Å². The predicted octanol–water partition coefficient (Wildman–Crippen LogP) is 1.48. The van der Waals surface area contributed by atoms with Crippen LogP contribution in [0.25, 0.3) is 0 Å². The third-order valence-electron chi connectivity index (χ3n) is 1.90. The quantitative estimate of drug-likeness (QED) is 0.194. The summed E-state index contributed by atoms with van der Waals surface area (Å²) in [5, 5.41) is 0.575. The summed E-state index contributed by atoms with van der Waals surface area (Å²) in [5.74, 6) is -0.0530. The van der Waals surface area contributed by atoms with Crippen molar-refractivity contribution in [3.63, 3.8) is 0 Å². The first-order chi connectivity index (χ1) is 8.72. The van der Waals surface area contributed by atoms with Gasteiger partial charge in [0.25, 0.3) is 0 Å². The van der Waals surface area contributed by atoms with Crippen LogP contribution in [0.5, 0.6) is 0 Å². The Kier molecular flexibility index (Phi) is 6.16. The summed E-state index contributed by atoms with van der Waals surface area (Å²) in [7, 11) is 0. The molecular weight excluding hydrogens is 252 g/mol. The van der Waals surface area contributed by atoms with Gasteiger partial charge in [0, 0.05) is 12.7 Å². The van der Waals surface area contributed by atoms with E-state index in [2.05, 4.69) is 27.4 Å². The van der Waals surface area contributed by atoms with E-state index in [4.69, 9.17) is 4.74 Å². The van der Waals surface area contributed by atoms with Crippen LogP contribution in [0.2, 0.25) is 0 Å². The molecule has 0 radical (unpaired) electrons. The van der Waals surface area contributed by atoms with Crippen molar-refractivity contribution in [2.75, 3.05) is 24.8 Å². The number of thioether (sulfide) groups is 1. The highest BCUT2D eigenvalue weighted by Gasteiger charge is 2.15. The molecule has 0 saturated carbocycles. The van der Waals surface area contributed by atoms with E-state index >= 15 is 0 Å². The lowest BCUT2D eigenvalue weighted by Gasteiger charge is -2.10. The molecule has 0 atom stereocenters. The SMILES string of the molecule is C=CCNNc1nc(SC)ncc1C(=O)OCC. The molecule has 2 N–H and O–H groups in total. The second-order valence-electron chi connectivity index (χ2n) is 3.13. The number of hydrogen-bond donors (Lipinski definition) is 2. The molecule has 0 aromatic carbocycles. The van der Waals surface area contributed by atoms with Gasteiger partial charge in [-0.15, -0.1) is 6.58 Å². The van der Waals surface area contributed by atoms with Crippen molar-refractivity contribution < 1.29 is 9.53 Å². The minimum absolute atomic E-state index is 0.297. The lowest BCUT2D eigenvalue weighted by molar-refractivity contribution is 0.0526. The zero-order chi connectivity index (χ0) is 13.4. The number of nitrogens with zero attached hydrogens (tertiary/aromatic N) is 2. The molecule has 0 bridgehead atoms. The van der Waals surface area contributed by atoms with Gasteiger partial charge in [-0.05, 0) is 13.2 Å². The maximum Gasteiger partial charge on any atom is 0.343 e. The van der Waals surface area contributed by atoms with Crippen LogP contribution in [0.4, 0.5) is 5.82 Å². The van der Waals surface area contributed by atoms with E-state index in [1.807, 2.05) is 6.26 Å². The van der Waals surface area contributed by atoms with Crippen molar-refractivity contribution >= 4 is 23.5 Å². The smallest absolute Gasteiger partial charge is 0.343 e. The predicted molar refractivity (Wildman–Crippen MR) is 71.6 cm³/mol. The molecule has 1 heterocycles. The molecule has 0 aliphatic carbocycles. The summed E-state index contributed by atoms with van der Waals surface area (Å²) < 4.78 is 4.93. The van der Waals surface area contributed by atoms with Gasteiger partial charge >= 0.3 is 5.97 Å². The van der Waals surface area contributed by atoms with Gasteiger partial charge in [0.05, 0.1) is 6.61 Å². The third kappa shape index (κ3) is 4.01. The van der Waals surface area contributed by atoms with Gasteiger partial charge in [0.1, 0.15) is 5.56 Å². The maximum absolute atomic E-state index is 11.7. The Labute approximate surface area is 110 Å². The van der Waals surface area contributed by atoms with Crippen LogP contribution in [0.15, 0.2) is 24.0 Å². The number of anilines is 1. The van der Waals surface area contributed by atoms with Gasteiger partial charge in [-0.3, -0.25) is 0 Å². The minimum atomic E-state index is -0.451. The van der Waals surface area contributed by atoms with Gasteiger partial charge < -0.3 is 10.2 Å². The molecule has 1 aromatic rings. The molecule has 0 aliphatic heterocycles. The molecule has 1 rings (SSSR count). The summed E-state index contributed by atoms with van der Waals surface area (Å²) >= 11 is 1.39. The molecular formula is C11H16N4O2S. The fourth-order valence-corrected chi connectivity index (χ4v) is 1.47. The van der Waals surface area contributed by atoms with Gasteiger partial charge in [0.2, 0.25) is 0 Å². The molecule has 0 aliphatic rings. The Hall–Kier alpha value is -1.60. The summed E-state index contributed by atoms with van der Waals surface area (Å²) in [5.41, 5.74) is 6.00. The first-order valence-corrected chi connectivity index (χ1v) is 6.63. The van der Waals surface area contributed by atoms with E-state index in [0.717, 1.165) is 0 Å². The van der Waals surface area contributed by atoms with E-state index in [-0.39, 0.29) is 0 Å². The lowest BCUT2D eigenvalue weighted by atomic mass is 10.3. The number of esters is 1. The molecule has 6 nitrogen and oxygen atoms in total. The van der Waals surface area contributed by atoms with Crippen molar-refractivity contribution in [2.45, 2.75) is 12.1 Å². The summed E-state index contributed by atoms with van der Waals surface area (Å²) in [6.45, 7) is 6.18. The minimum Gasteiger partial charge on any atom is -0.462 e. The summed E-state index contributed by atoms with van der Waals surface area (Å²) in [4.78, 5) is 20.0. The molecule has 7 heteroatoms. The molecule has 18 heavy (non-hydrogen) atoms. The topological polar surface area (TPSA) is 76.1 Å². The monoisotopic (exact) mass is 268 g/mol. The zero-order valence-electron chi connectivity index (χ0n) is 10.4. The Balaban J connectivity index is 2.92. The number of carbonyl (C=O) groups excluding carboxylic acids is 1. The van der Waals surface area contributed by atoms with Crippen molar-refractivity contribution in [1.82, 2.24) is 15.4 Å². The number of carbonyl (C=O) groups is 1. The first kappa shape index (κ1) is 14.5. The van der Waals surface area contributed by atoms with E-state index in [0.29, 0.717) is 29.7 Å². The molecule has 0 amide bonds. The van der Waals surface area contributed by atoms with Gasteiger partial charge in [0.15, 0.2) is 11.0 Å². The standard InChI is InChI=1S/C11H16N4O2S/c1-4-6-13-15-9-8(10(16)17-5-2)7-12-11(14-9)18-3/h4,7,13H,1,5-6H2,2-3H3,(H,12,14,15). The average Bonchev–Trinajstić information content (AvgIpc) is 2.39. The second kappa shape index (κ2) is 7.67. The van der Waals surface area contributed by atoms with Crippen molar-refractivity contribution in [3.05, 3.63) is 24.4 Å². The van der Waals surface area contributed by atoms with Crippen LogP contribution in [0, 0.1) is 0 Å². The molecule has 98 valence electrons. The fourth-order valence-electron chi connectivity index (χ4n) is 1.12. The fraction of sp³-hybridized carbons (Fsp3) is 0.364. The molecule has 0 spiro atoms. The van der Waals surface area contributed by atoms with Crippen molar-refractivity contribution in [3.8, 4) is 0 Å². The number of nitrogens with one attached hydrogen (secondary N) is 2. The highest BCUT2D eigenvalue weighted by atomic mass is 32.2. The number of hydrazine groups is 1. The lowest BCUT2D eigenvalue weighted by Crippen LogP contribution is -2.24. The number of ether oxygens (including phenoxy) is 1. The normalized spacial score (nSPS) is 9.89. The Morgan fingerprint density at radius 1 is 1.67 bits per heavy atom. The highest BCUT2D eigenvalue weighted by Crippen LogP contribution is 2.16. The molecule has 0 fully saturated rings. The van der Waals surface area contributed by atoms with Crippen LogP contribution in [0.3, 0.4) is 0 Å². The highest BCUT2D eigenvalue weighted by molar-refractivity contribution is 7.98. The summed E-state index contributed by atoms with van der Waals surface area (Å²) in [6.07, 6.45) is 5.00. The maximum atomic E-state index is 11.7. The van der Waals surface area contributed by atoms with Crippen LogP contribution >= 0.6 is 11.8 Å². The van der Waals surface area contributed by atoms with E-state index in [1.54, 1.807) is 13.0 Å². The molecule has 0 unspecified atom stereocenters. The third-order valence-corrected chi connectivity index (χ3v) is 2.46. The van der Waals surface area contributed by atoms with Gasteiger partial charge in [-0.1, -0.05) is 17.8 Å². The van der Waals surface area contributed by atoms with Gasteiger partial charge in [-0.25, -0.2) is 20.2 Å². The van der Waals surface area contributed by atoms with E-state index in [1.165, 1.54) is 18.0 Å². The summed E-state index contributed by atoms with van der Waals surface area (Å²) in [6, 6.07) is 0. The van der Waals surface area contributed by atoms with E-state index in [9.17, 15) is 4.79 Å². The van der Waals surface area contributed by atoms with Crippen molar-refractivity contribution in [1.29, 1.82) is 0 Å². The number of hydrogen-bond acceptors (Lipinski definition) is 7. The average molecular weight is 268 g/mol. The number of aromatic nitrogens is 2. The zero-order valence-corrected chi connectivity index (χ0v) is 11.2. The Morgan fingerprint density at radius 2 is 2.44 bits per heavy atom. The Morgan fingerprint density at radius 3 is 3.06 bits per heavy atom. The molecule has 1 aromatic heterocycles. The van der Waals surface area contributed by atoms with Crippen LogP contribution in [-0.4, -0.2) is 35.3 Å².